The Labute approximate surface area is 106 Å². The van der Waals surface area contributed by atoms with Crippen molar-refractivity contribution in [1.82, 2.24) is 9.97 Å². The molecule has 0 radical (unpaired) electrons. The van der Waals surface area contributed by atoms with E-state index >= 15 is 0 Å². The van der Waals surface area contributed by atoms with Gasteiger partial charge in [-0.25, -0.2) is 0 Å². The first kappa shape index (κ1) is 14.2. The Morgan fingerprint density at radius 1 is 1.50 bits per heavy atom. The molecule has 0 aliphatic rings. The van der Waals surface area contributed by atoms with Gasteiger partial charge in [-0.15, -0.1) is 0 Å². The molecular weight excluding hydrogens is 234 g/mol. The molecule has 0 aromatic carbocycles. The van der Waals surface area contributed by atoms with Crippen molar-refractivity contribution >= 4 is 11.8 Å². The molecule has 0 aliphatic heterocycles. The predicted molar refractivity (Wildman–Crippen MR) is 67.7 cm³/mol. The van der Waals surface area contributed by atoms with Crippen LogP contribution in [0.1, 0.15) is 26.7 Å². The summed E-state index contributed by atoms with van der Waals surface area (Å²) in [7, 11) is 0. The fourth-order valence-corrected chi connectivity index (χ4v) is 1.51. The van der Waals surface area contributed by atoms with Gasteiger partial charge in [0.2, 0.25) is 5.88 Å². The molecule has 0 saturated heterocycles. The molecule has 0 saturated carbocycles. The van der Waals surface area contributed by atoms with E-state index < -0.39 is 5.97 Å². The summed E-state index contributed by atoms with van der Waals surface area (Å²) in [4.78, 5) is 18.8. The normalized spacial score (nSPS) is 11.9. The molecule has 1 aromatic heterocycles. The third kappa shape index (κ3) is 4.99. The van der Waals surface area contributed by atoms with Crippen LogP contribution in [0.2, 0.25) is 0 Å². The van der Waals surface area contributed by atoms with Crippen LogP contribution in [0.4, 0.5) is 5.82 Å². The van der Waals surface area contributed by atoms with Crippen LogP contribution in [0.5, 0.6) is 5.88 Å². The van der Waals surface area contributed by atoms with E-state index in [2.05, 4.69) is 15.3 Å². The van der Waals surface area contributed by atoms with Crippen molar-refractivity contribution in [3.8, 4) is 5.88 Å². The van der Waals surface area contributed by atoms with Crippen LogP contribution in [0, 0.1) is 5.92 Å². The zero-order chi connectivity index (χ0) is 13.4. The fourth-order valence-electron chi connectivity index (χ4n) is 1.51. The first-order valence-corrected chi connectivity index (χ1v) is 6.06. The Morgan fingerprint density at radius 2 is 2.28 bits per heavy atom. The zero-order valence-electron chi connectivity index (χ0n) is 10.7. The first-order chi connectivity index (χ1) is 8.65. The van der Waals surface area contributed by atoms with Gasteiger partial charge >= 0.3 is 5.97 Å². The number of hydrogen-bond acceptors (Lipinski definition) is 5. The molecule has 2 N–H and O–H groups in total. The lowest BCUT2D eigenvalue weighted by atomic mass is 10.0. The summed E-state index contributed by atoms with van der Waals surface area (Å²) in [5.74, 6) is 0.372. The van der Waals surface area contributed by atoms with Crippen LogP contribution in [0.15, 0.2) is 12.4 Å². The standard InChI is InChI=1S/C12H19N3O3/c1-3-9(5-12(16)17)6-14-10-7-13-8-11(15-10)18-4-2/h7-9H,3-6H2,1-2H3,(H,14,15)(H,16,17). The lowest BCUT2D eigenvalue weighted by molar-refractivity contribution is -0.138. The average molecular weight is 253 g/mol. The minimum absolute atomic E-state index is 0.0834. The third-order valence-electron chi connectivity index (χ3n) is 2.52. The molecule has 0 aliphatic carbocycles. The summed E-state index contributed by atoms with van der Waals surface area (Å²) in [5.41, 5.74) is 0. The van der Waals surface area contributed by atoms with Crippen molar-refractivity contribution < 1.29 is 14.6 Å². The van der Waals surface area contributed by atoms with Crippen LogP contribution in [-0.2, 0) is 4.79 Å². The minimum Gasteiger partial charge on any atom is -0.481 e. The molecular formula is C12H19N3O3. The number of carboxylic acid groups (broad SMARTS) is 1. The summed E-state index contributed by atoms with van der Waals surface area (Å²) in [6.07, 6.45) is 4.10. The molecule has 1 heterocycles. The van der Waals surface area contributed by atoms with Gasteiger partial charge in [-0.3, -0.25) is 9.78 Å². The van der Waals surface area contributed by atoms with Gasteiger partial charge in [0.05, 0.1) is 19.0 Å². The van der Waals surface area contributed by atoms with Crippen LogP contribution >= 0.6 is 0 Å². The maximum Gasteiger partial charge on any atom is 0.303 e. The van der Waals surface area contributed by atoms with Crippen molar-refractivity contribution in [2.45, 2.75) is 26.7 Å². The Morgan fingerprint density at radius 3 is 2.89 bits per heavy atom. The number of ether oxygens (including phenoxy) is 1. The number of hydrogen-bond donors (Lipinski definition) is 2. The Bertz CT molecular complexity index is 385. The van der Waals surface area contributed by atoms with Crippen molar-refractivity contribution in [3.63, 3.8) is 0 Å². The summed E-state index contributed by atoms with van der Waals surface area (Å²) in [6, 6.07) is 0. The SMILES string of the molecule is CCOc1cncc(NCC(CC)CC(=O)O)n1. The van der Waals surface area contributed by atoms with E-state index in [1.54, 1.807) is 12.4 Å². The number of nitrogens with one attached hydrogen (secondary N) is 1. The second-order valence-electron chi connectivity index (χ2n) is 3.93. The number of aromatic nitrogens is 2. The molecule has 1 atom stereocenters. The molecule has 0 spiro atoms. The fraction of sp³-hybridized carbons (Fsp3) is 0.583. The van der Waals surface area contributed by atoms with E-state index in [1.165, 1.54) is 0 Å². The average Bonchev–Trinajstić information content (AvgIpc) is 2.35. The van der Waals surface area contributed by atoms with Gasteiger partial charge in [0, 0.05) is 13.0 Å². The molecule has 1 aromatic rings. The number of anilines is 1. The van der Waals surface area contributed by atoms with E-state index in [4.69, 9.17) is 9.84 Å². The predicted octanol–water partition coefficient (Wildman–Crippen LogP) is 1.79. The van der Waals surface area contributed by atoms with Crippen LogP contribution in [0.25, 0.3) is 0 Å². The Kier molecular flexibility index (Phi) is 5.90. The minimum atomic E-state index is -0.780. The number of aliphatic carboxylic acids is 1. The number of rotatable bonds is 8. The molecule has 0 bridgehead atoms. The van der Waals surface area contributed by atoms with Gasteiger partial charge in [-0.2, -0.15) is 4.98 Å². The Hall–Kier alpha value is -1.85. The van der Waals surface area contributed by atoms with Gasteiger partial charge in [-0.1, -0.05) is 13.3 Å². The molecule has 1 rings (SSSR count). The highest BCUT2D eigenvalue weighted by Gasteiger charge is 2.11. The molecule has 0 amide bonds. The lowest BCUT2D eigenvalue weighted by Gasteiger charge is -2.13. The van der Waals surface area contributed by atoms with Crippen molar-refractivity contribution in [2.75, 3.05) is 18.5 Å². The quantitative estimate of drug-likeness (QED) is 0.734. The van der Waals surface area contributed by atoms with Crippen molar-refractivity contribution in [2.24, 2.45) is 5.92 Å². The van der Waals surface area contributed by atoms with E-state index in [0.29, 0.717) is 24.8 Å². The van der Waals surface area contributed by atoms with Crippen molar-refractivity contribution in [1.29, 1.82) is 0 Å². The van der Waals surface area contributed by atoms with E-state index in [9.17, 15) is 4.79 Å². The molecule has 6 nitrogen and oxygen atoms in total. The van der Waals surface area contributed by atoms with E-state index in [1.807, 2.05) is 13.8 Å². The summed E-state index contributed by atoms with van der Waals surface area (Å²) in [5, 5.41) is 11.8. The maximum absolute atomic E-state index is 10.6. The highest BCUT2D eigenvalue weighted by molar-refractivity contribution is 5.67. The van der Waals surface area contributed by atoms with Crippen LogP contribution in [0.3, 0.4) is 0 Å². The summed E-state index contributed by atoms with van der Waals surface area (Å²) < 4.78 is 5.24. The highest BCUT2D eigenvalue weighted by atomic mass is 16.5. The molecule has 1 unspecified atom stereocenters. The van der Waals surface area contributed by atoms with Gasteiger partial charge < -0.3 is 15.2 Å². The number of nitrogens with zero attached hydrogens (tertiary/aromatic N) is 2. The lowest BCUT2D eigenvalue weighted by Crippen LogP contribution is -2.18. The Balaban J connectivity index is 2.50. The zero-order valence-corrected chi connectivity index (χ0v) is 10.7. The summed E-state index contributed by atoms with van der Waals surface area (Å²) >= 11 is 0. The second-order valence-corrected chi connectivity index (χ2v) is 3.93. The van der Waals surface area contributed by atoms with Gasteiger partial charge in [0.15, 0.2) is 0 Å². The molecule has 0 fully saturated rings. The van der Waals surface area contributed by atoms with Gasteiger partial charge in [0.25, 0.3) is 0 Å². The van der Waals surface area contributed by atoms with Gasteiger partial charge in [0.1, 0.15) is 5.82 Å². The molecule has 18 heavy (non-hydrogen) atoms. The van der Waals surface area contributed by atoms with Crippen molar-refractivity contribution in [3.05, 3.63) is 12.4 Å². The first-order valence-electron chi connectivity index (χ1n) is 6.06. The number of carbonyl (C=O) groups is 1. The third-order valence-corrected chi connectivity index (χ3v) is 2.52. The monoisotopic (exact) mass is 253 g/mol. The van der Waals surface area contributed by atoms with E-state index in [0.717, 1.165) is 6.42 Å². The largest absolute Gasteiger partial charge is 0.481 e. The van der Waals surface area contributed by atoms with Crippen LogP contribution in [-0.4, -0.2) is 34.2 Å². The summed E-state index contributed by atoms with van der Waals surface area (Å²) in [6.45, 7) is 4.95. The highest BCUT2D eigenvalue weighted by Crippen LogP contribution is 2.12. The van der Waals surface area contributed by atoms with E-state index in [-0.39, 0.29) is 12.3 Å². The topological polar surface area (TPSA) is 84.3 Å². The molecule has 6 heteroatoms. The van der Waals surface area contributed by atoms with Crippen LogP contribution < -0.4 is 10.1 Å². The maximum atomic E-state index is 10.6. The molecule has 100 valence electrons. The van der Waals surface area contributed by atoms with Gasteiger partial charge in [-0.05, 0) is 12.8 Å². The number of carboxylic acids is 1. The second kappa shape index (κ2) is 7.47. The smallest absolute Gasteiger partial charge is 0.303 e.